The molecule has 3 heteroatoms. The van der Waals surface area contributed by atoms with Crippen LogP contribution in [0.4, 0.5) is 0 Å². The molecule has 0 aromatic carbocycles. The first-order valence-electron chi connectivity index (χ1n) is 5.21. The minimum absolute atomic E-state index is 0.501. The molecule has 0 radical (unpaired) electrons. The molecule has 1 saturated heterocycles. The Kier molecular flexibility index (Phi) is 3.27. The molecule has 2 fully saturated rings. The van der Waals surface area contributed by atoms with Gasteiger partial charge in [0.25, 0.3) is 0 Å². The average Bonchev–Trinajstić information content (AvgIpc) is 2.18. The second kappa shape index (κ2) is 4.28. The van der Waals surface area contributed by atoms with E-state index >= 15 is 0 Å². The second-order valence-corrected chi connectivity index (χ2v) is 5.38. The quantitative estimate of drug-likeness (QED) is 0.716. The fourth-order valence-electron chi connectivity index (χ4n) is 2.65. The van der Waals surface area contributed by atoms with Gasteiger partial charge in [0.15, 0.2) is 0 Å². The van der Waals surface area contributed by atoms with Crippen LogP contribution in [0, 0.1) is 5.92 Å². The molecule has 1 aliphatic heterocycles. The number of alkyl halides is 1. The standard InChI is InChI=1S/C10H18BrNO/c1-13-7-2-3-10-8(6-7)9(11)4-5-12-10/h7-10,12H,2-6H2,1H3. The van der Waals surface area contributed by atoms with Crippen molar-refractivity contribution in [2.24, 2.45) is 5.92 Å². The van der Waals surface area contributed by atoms with Crippen LogP contribution in [0.1, 0.15) is 25.7 Å². The molecular weight excluding hydrogens is 230 g/mol. The molecule has 1 heterocycles. The van der Waals surface area contributed by atoms with Gasteiger partial charge in [-0.25, -0.2) is 0 Å². The minimum atomic E-state index is 0.501. The molecule has 1 N–H and O–H groups in total. The number of methoxy groups -OCH3 is 1. The van der Waals surface area contributed by atoms with E-state index in [1.54, 1.807) is 0 Å². The highest BCUT2D eigenvalue weighted by atomic mass is 79.9. The van der Waals surface area contributed by atoms with Gasteiger partial charge in [-0.05, 0) is 38.1 Å². The molecular formula is C10H18BrNO. The van der Waals surface area contributed by atoms with Crippen LogP contribution in [0.2, 0.25) is 0 Å². The summed E-state index contributed by atoms with van der Waals surface area (Å²) >= 11 is 3.79. The van der Waals surface area contributed by atoms with Crippen LogP contribution >= 0.6 is 15.9 Å². The number of rotatable bonds is 1. The summed E-state index contributed by atoms with van der Waals surface area (Å²) in [4.78, 5) is 0.705. The van der Waals surface area contributed by atoms with Gasteiger partial charge in [-0.15, -0.1) is 0 Å². The van der Waals surface area contributed by atoms with Gasteiger partial charge in [0, 0.05) is 18.0 Å². The Hall–Kier alpha value is 0.400. The van der Waals surface area contributed by atoms with Gasteiger partial charge >= 0.3 is 0 Å². The Morgan fingerprint density at radius 1 is 1.31 bits per heavy atom. The Bertz CT molecular complexity index is 176. The van der Waals surface area contributed by atoms with Crippen LogP contribution in [0.15, 0.2) is 0 Å². The lowest BCUT2D eigenvalue weighted by Gasteiger charge is -2.42. The van der Waals surface area contributed by atoms with E-state index in [0.29, 0.717) is 10.9 Å². The van der Waals surface area contributed by atoms with Crippen LogP contribution in [-0.2, 0) is 4.74 Å². The predicted molar refractivity (Wildman–Crippen MR) is 57.3 cm³/mol. The fraction of sp³-hybridized carbons (Fsp3) is 1.00. The number of hydrogen-bond donors (Lipinski definition) is 1. The van der Waals surface area contributed by atoms with Gasteiger partial charge in [0.05, 0.1) is 6.10 Å². The molecule has 0 spiro atoms. The Balaban J connectivity index is 1.97. The molecule has 0 amide bonds. The normalized spacial score (nSPS) is 45.7. The van der Waals surface area contributed by atoms with E-state index in [-0.39, 0.29) is 0 Å². The van der Waals surface area contributed by atoms with E-state index in [9.17, 15) is 0 Å². The van der Waals surface area contributed by atoms with Crippen molar-refractivity contribution in [2.75, 3.05) is 13.7 Å². The van der Waals surface area contributed by atoms with Crippen molar-refractivity contribution in [1.29, 1.82) is 0 Å². The highest BCUT2D eigenvalue weighted by Crippen LogP contribution is 2.35. The molecule has 2 rings (SSSR count). The SMILES string of the molecule is COC1CCC2NCCC(Br)C2C1. The number of halogens is 1. The topological polar surface area (TPSA) is 21.3 Å². The maximum atomic E-state index is 5.44. The maximum Gasteiger partial charge on any atom is 0.0575 e. The monoisotopic (exact) mass is 247 g/mol. The third kappa shape index (κ3) is 2.08. The van der Waals surface area contributed by atoms with Crippen molar-refractivity contribution in [3.63, 3.8) is 0 Å². The molecule has 2 aliphatic rings. The molecule has 13 heavy (non-hydrogen) atoms. The zero-order chi connectivity index (χ0) is 9.26. The molecule has 0 bridgehead atoms. The van der Waals surface area contributed by atoms with Crippen LogP contribution in [0.5, 0.6) is 0 Å². The summed E-state index contributed by atoms with van der Waals surface area (Å²) in [6.45, 7) is 1.18. The molecule has 1 saturated carbocycles. The van der Waals surface area contributed by atoms with E-state index in [1.165, 1.54) is 32.2 Å². The first kappa shape index (κ1) is 9.94. The Morgan fingerprint density at radius 2 is 2.15 bits per heavy atom. The number of hydrogen-bond acceptors (Lipinski definition) is 2. The number of nitrogens with one attached hydrogen (secondary N) is 1. The van der Waals surface area contributed by atoms with Crippen molar-refractivity contribution < 1.29 is 4.74 Å². The van der Waals surface area contributed by atoms with Gasteiger partial charge in [-0.2, -0.15) is 0 Å². The van der Waals surface area contributed by atoms with Gasteiger partial charge in [0.1, 0.15) is 0 Å². The van der Waals surface area contributed by atoms with Crippen molar-refractivity contribution in [3.8, 4) is 0 Å². The van der Waals surface area contributed by atoms with Gasteiger partial charge < -0.3 is 10.1 Å². The average molecular weight is 248 g/mol. The molecule has 2 nitrogen and oxygen atoms in total. The van der Waals surface area contributed by atoms with Crippen LogP contribution in [0.25, 0.3) is 0 Å². The molecule has 4 atom stereocenters. The minimum Gasteiger partial charge on any atom is -0.381 e. The number of ether oxygens (including phenoxy) is 1. The summed E-state index contributed by atoms with van der Waals surface area (Å²) < 4.78 is 5.44. The number of fused-ring (bicyclic) bond motifs is 1. The number of piperidine rings is 1. The zero-order valence-electron chi connectivity index (χ0n) is 8.13. The van der Waals surface area contributed by atoms with Crippen LogP contribution < -0.4 is 5.32 Å². The van der Waals surface area contributed by atoms with Gasteiger partial charge in [-0.1, -0.05) is 15.9 Å². The molecule has 0 aromatic heterocycles. The summed E-state index contributed by atoms with van der Waals surface area (Å²) in [5.74, 6) is 0.785. The third-order valence-electron chi connectivity index (χ3n) is 3.48. The predicted octanol–water partition coefficient (Wildman–Crippen LogP) is 1.93. The summed E-state index contributed by atoms with van der Waals surface area (Å²) in [6.07, 6.45) is 5.50. The van der Waals surface area contributed by atoms with Gasteiger partial charge in [-0.3, -0.25) is 0 Å². The molecule has 0 aromatic rings. The fourth-order valence-corrected chi connectivity index (χ4v) is 3.47. The maximum absolute atomic E-state index is 5.44. The lowest BCUT2D eigenvalue weighted by molar-refractivity contribution is 0.0317. The third-order valence-corrected chi connectivity index (χ3v) is 4.61. The van der Waals surface area contributed by atoms with E-state index < -0.39 is 0 Å². The smallest absolute Gasteiger partial charge is 0.0575 e. The van der Waals surface area contributed by atoms with E-state index in [1.807, 2.05) is 7.11 Å². The largest absolute Gasteiger partial charge is 0.381 e. The second-order valence-electron chi connectivity index (χ2n) is 4.20. The summed E-state index contributed by atoms with van der Waals surface area (Å²) in [5, 5.41) is 3.61. The van der Waals surface area contributed by atoms with E-state index in [0.717, 1.165) is 12.0 Å². The van der Waals surface area contributed by atoms with Crippen molar-refractivity contribution in [3.05, 3.63) is 0 Å². The van der Waals surface area contributed by atoms with E-state index in [4.69, 9.17) is 4.74 Å². The molecule has 4 unspecified atom stereocenters. The van der Waals surface area contributed by atoms with Crippen molar-refractivity contribution >= 4 is 15.9 Å². The van der Waals surface area contributed by atoms with Crippen LogP contribution in [0.3, 0.4) is 0 Å². The van der Waals surface area contributed by atoms with Crippen molar-refractivity contribution in [2.45, 2.75) is 42.7 Å². The highest BCUT2D eigenvalue weighted by Gasteiger charge is 2.36. The zero-order valence-corrected chi connectivity index (χ0v) is 9.72. The van der Waals surface area contributed by atoms with Crippen molar-refractivity contribution in [1.82, 2.24) is 5.32 Å². The molecule has 1 aliphatic carbocycles. The summed E-state index contributed by atoms with van der Waals surface area (Å²) in [7, 11) is 1.84. The summed E-state index contributed by atoms with van der Waals surface area (Å²) in [6, 6.07) is 0.740. The lowest BCUT2D eigenvalue weighted by atomic mass is 9.78. The Labute approximate surface area is 88.5 Å². The Morgan fingerprint density at radius 3 is 2.92 bits per heavy atom. The lowest BCUT2D eigenvalue weighted by Crippen LogP contribution is -2.50. The van der Waals surface area contributed by atoms with E-state index in [2.05, 4.69) is 21.2 Å². The van der Waals surface area contributed by atoms with Gasteiger partial charge in [0.2, 0.25) is 0 Å². The summed E-state index contributed by atoms with van der Waals surface area (Å²) in [5.41, 5.74) is 0. The molecule has 76 valence electrons. The first-order chi connectivity index (χ1) is 6.31. The first-order valence-corrected chi connectivity index (χ1v) is 6.13. The van der Waals surface area contributed by atoms with Crippen LogP contribution in [-0.4, -0.2) is 30.6 Å². The highest BCUT2D eigenvalue weighted by molar-refractivity contribution is 9.09.